The predicted octanol–water partition coefficient (Wildman–Crippen LogP) is 15.2. The summed E-state index contributed by atoms with van der Waals surface area (Å²) < 4.78 is 7.77. The molecular weight excluding hydrogens is 617 g/mol. The van der Waals surface area contributed by atoms with Crippen LogP contribution >= 0.6 is 0 Å². The van der Waals surface area contributed by atoms with E-state index in [9.17, 15) is 0 Å². The van der Waals surface area contributed by atoms with Gasteiger partial charge in [-0.3, -0.25) is 0 Å². The number of ether oxygens (including phenoxy) is 1. The van der Waals surface area contributed by atoms with Crippen LogP contribution < -0.4 is 0 Å². The van der Waals surface area contributed by atoms with Crippen molar-refractivity contribution in [2.45, 2.75) is 194 Å². The van der Waals surface area contributed by atoms with Gasteiger partial charge in [-0.05, 0) is 172 Å². The first-order chi connectivity index (χ1) is 25.0. The Hall–Kier alpha value is -1.60. The summed E-state index contributed by atoms with van der Waals surface area (Å²) in [7, 11) is 0. The second-order valence-corrected chi connectivity index (χ2v) is 18.8. The van der Waals surface area contributed by atoms with E-state index in [-0.39, 0.29) is 12.2 Å². The summed E-state index contributed by atoms with van der Waals surface area (Å²) >= 11 is 0. The zero-order valence-electron chi connectivity index (χ0n) is 33.8. The average molecular weight is 695 g/mol. The fourth-order valence-corrected chi connectivity index (χ4v) is 11.3. The summed E-state index contributed by atoms with van der Waals surface area (Å²) in [6.45, 7) is 9.58. The summed E-state index contributed by atoms with van der Waals surface area (Å²) in [6, 6.07) is 19.7. The van der Waals surface area contributed by atoms with Gasteiger partial charge in [-0.1, -0.05) is 128 Å². The first-order valence-corrected chi connectivity index (χ1v) is 22.8. The van der Waals surface area contributed by atoms with E-state index in [0.29, 0.717) is 11.8 Å². The van der Waals surface area contributed by atoms with Gasteiger partial charge in [0.25, 0.3) is 0 Å². The quantitative estimate of drug-likeness (QED) is 0.159. The highest BCUT2D eigenvalue weighted by Gasteiger charge is 2.38. The minimum atomic E-state index is 0.203. The van der Waals surface area contributed by atoms with Crippen molar-refractivity contribution in [3.63, 3.8) is 0 Å². The molecular formula is C50H78O. The Morgan fingerprint density at radius 3 is 1.06 bits per heavy atom. The molecule has 51 heavy (non-hydrogen) atoms. The molecule has 4 fully saturated rings. The highest BCUT2D eigenvalue weighted by Crippen LogP contribution is 2.50. The molecule has 4 aliphatic carbocycles. The van der Waals surface area contributed by atoms with Gasteiger partial charge in [0.05, 0.1) is 12.2 Å². The molecule has 4 aliphatic rings. The van der Waals surface area contributed by atoms with Crippen molar-refractivity contribution < 1.29 is 4.74 Å². The zero-order valence-corrected chi connectivity index (χ0v) is 33.8. The van der Waals surface area contributed by atoms with E-state index >= 15 is 0 Å². The topological polar surface area (TPSA) is 9.23 Å². The standard InChI is InChI=1S/C50H78O/c1-5-7-9-11-39-17-25-45(26-18-39)49(47-33-29-43(30-34-47)41-21-13-37(3)14-22-41)51-50(46-27-19-40(20-28-46)12-10-8-6-2)48-35-31-44(32-36-48)42-23-15-38(4)16-24-42/h17-20,25-28,37-38,41-44,47-50H,5-16,21-24,29-36H2,1-4H3. The van der Waals surface area contributed by atoms with Gasteiger partial charge >= 0.3 is 0 Å². The molecule has 1 nitrogen and oxygen atoms in total. The number of aryl methyl sites for hydroxylation is 2. The molecule has 0 aromatic heterocycles. The van der Waals surface area contributed by atoms with Crippen LogP contribution in [0, 0.1) is 47.3 Å². The van der Waals surface area contributed by atoms with Crippen molar-refractivity contribution in [2.24, 2.45) is 47.3 Å². The SMILES string of the molecule is CCCCCc1ccc(C(OC(c2ccc(CCCCC)cc2)C2CCC(C3CCC(C)CC3)CC2)C2CCC(C3CCC(C)CC3)CC2)cc1. The fraction of sp³-hybridized carbons (Fsp3) is 0.760. The summed E-state index contributed by atoms with van der Waals surface area (Å²) in [5, 5.41) is 0. The van der Waals surface area contributed by atoms with Crippen LogP contribution in [0.3, 0.4) is 0 Å². The van der Waals surface area contributed by atoms with Crippen molar-refractivity contribution >= 4 is 0 Å². The monoisotopic (exact) mass is 695 g/mol. The highest BCUT2D eigenvalue weighted by molar-refractivity contribution is 5.28. The van der Waals surface area contributed by atoms with Crippen LogP contribution in [0.1, 0.15) is 203 Å². The van der Waals surface area contributed by atoms with Crippen molar-refractivity contribution in [1.29, 1.82) is 0 Å². The van der Waals surface area contributed by atoms with E-state index in [2.05, 4.69) is 76.2 Å². The van der Waals surface area contributed by atoms with Crippen molar-refractivity contribution in [1.82, 2.24) is 0 Å². The van der Waals surface area contributed by atoms with Crippen molar-refractivity contribution in [2.75, 3.05) is 0 Å². The normalized spacial score (nSPS) is 31.6. The van der Waals surface area contributed by atoms with E-state index in [4.69, 9.17) is 4.74 Å². The number of unbranched alkanes of at least 4 members (excludes halogenated alkanes) is 4. The van der Waals surface area contributed by atoms with Gasteiger partial charge in [0.15, 0.2) is 0 Å². The lowest BCUT2D eigenvalue weighted by Crippen LogP contribution is -2.31. The second-order valence-electron chi connectivity index (χ2n) is 18.8. The van der Waals surface area contributed by atoms with E-state index < -0.39 is 0 Å². The van der Waals surface area contributed by atoms with Gasteiger partial charge in [0.2, 0.25) is 0 Å². The Kier molecular flexibility index (Phi) is 15.5. The maximum atomic E-state index is 7.77. The largest absolute Gasteiger partial charge is 0.365 e. The van der Waals surface area contributed by atoms with Gasteiger partial charge in [0, 0.05) is 0 Å². The fourth-order valence-electron chi connectivity index (χ4n) is 11.3. The van der Waals surface area contributed by atoms with E-state index in [1.165, 1.54) is 176 Å². The molecule has 2 unspecified atom stereocenters. The predicted molar refractivity (Wildman–Crippen MR) is 219 cm³/mol. The maximum Gasteiger partial charge on any atom is 0.0861 e. The Labute approximate surface area is 315 Å². The smallest absolute Gasteiger partial charge is 0.0861 e. The third kappa shape index (κ3) is 11.2. The molecule has 0 saturated heterocycles. The van der Waals surface area contributed by atoms with E-state index in [1.807, 2.05) is 0 Å². The molecule has 0 heterocycles. The van der Waals surface area contributed by atoms with Crippen molar-refractivity contribution in [3.05, 3.63) is 70.8 Å². The van der Waals surface area contributed by atoms with E-state index in [1.54, 1.807) is 0 Å². The Balaban J connectivity index is 1.21. The molecule has 0 spiro atoms. The average Bonchev–Trinajstić information content (AvgIpc) is 3.17. The molecule has 0 bridgehead atoms. The first kappa shape index (κ1) is 39.1. The lowest BCUT2D eigenvalue weighted by Gasteiger charge is -2.43. The summed E-state index contributed by atoms with van der Waals surface area (Å²) in [5.74, 6) is 7.02. The van der Waals surface area contributed by atoms with Crippen LogP contribution in [0.5, 0.6) is 0 Å². The molecule has 284 valence electrons. The molecule has 0 radical (unpaired) electrons. The maximum absolute atomic E-state index is 7.77. The van der Waals surface area contributed by atoms with Crippen LogP contribution in [0.4, 0.5) is 0 Å². The van der Waals surface area contributed by atoms with Gasteiger partial charge in [0.1, 0.15) is 0 Å². The second kappa shape index (κ2) is 20.2. The Morgan fingerprint density at radius 1 is 0.431 bits per heavy atom. The number of rotatable bonds is 16. The Morgan fingerprint density at radius 2 is 0.745 bits per heavy atom. The molecule has 4 saturated carbocycles. The van der Waals surface area contributed by atoms with Crippen molar-refractivity contribution in [3.8, 4) is 0 Å². The van der Waals surface area contributed by atoms with Gasteiger partial charge in [-0.2, -0.15) is 0 Å². The first-order valence-electron chi connectivity index (χ1n) is 22.8. The molecule has 1 heteroatoms. The highest BCUT2D eigenvalue weighted by atomic mass is 16.5. The number of hydrogen-bond donors (Lipinski definition) is 0. The summed E-state index contributed by atoms with van der Waals surface area (Å²) in [6.07, 6.45) is 33.5. The van der Waals surface area contributed by atoms with Crippen LogP contribution in [-0.4, -0.2) is 0 Å². The minimum Gasteiger partial charge on any atom is -0.365 e. The molecule has 2 atom stereocenters. The zero-order chi connectivity index (χ0) is 35.4. The minimum absolute atomic E-state index is 0.203. The third-order valence-electron chi connectivity index (χ3n) is 15.0. The molecule has 2 aromatic rings. The van der Waals surface area contributed by atoms with Crippen LogP contribution in [0.2, 0.25) is 0 Å². The number of benzene rings is 2. The third-order valence-corrected chi connectivity index (χ3v) is 15.0. The molecule has 2 aromatic carbocycles. The van der Waals surface area contributed by atoms with Crippen LogP contribution in [-0.2, 0) is 17.6 Å². The Bertz CT molecular complexity index is 1120. The van der Waals surface area contributed by atoms with Gasteiger partial charge in [-0.15, -0.1) is 0 Å². The number of hydrogen-bond acceptors (Lipinski definition) is 1. The van der Waals surface area contributed by atoms with E-state index in [0.717, 1.165) is 35.5 Å². The molecule has 0 amide bonds. The molecule has 6 rings (SSSR count). The summed E-state index contributed by atoms with van der Waals surface area (Å²) in [5.41, 5.74) is 5.92. The molecule has 0 N–H and O–H groups in total. The van der Waals surface area contributed by atoms with Gasteiger partial charge in [-0.25, -0.2) is 0 Å². The lowest BCUT2D eigenvalue weighted by molar-refractivity contribution is -0.0934. The lowest BCUT2D eigenvalue weighted by atomic mass is 9.67. The summed E-state index contributed by atoms with van der Waals surface area (Å²) in [4.78, 5) is 0. The molecule has 0 aliphatic heterocycles. The van der Waals surface area contributed by atoms with Gasteiger partial charge < -0.3 is 4.74 Å². The van der Waals surface area contributed by atoms with Crippen LogP contribution in [0.15, 0.2) is 48.5 Å². The van der Waals surface area contributed by atoms with Crippen LogP contribution in [0.25, 0.3) is 0 Å².